The van der Waals surface area contributed by atoms with E-state index >= 15 is 0 Å². The Balaban J connectivity index is 2.96. The molecule has 0 saturated heterocycles. The van der Waals surface area contributed by atoms with Crippen molar-refractivity contribution >= 4 is 31.0 Å². The Morgan fingerprint density at radius 1 is 1.00 bits per heavy atom. The first-order valence-corrected chi connectivity index (χ1v) is 7.62. The van der Waals surface area contributed by atoms with Crippen LogP contribution in [0.25, 0.3) is 10.8 Å². The Hall–Kier alpha value is -1.68. The van der Waals surface area contributed by atoms with Crippen LogP contribution in [0.1, 0.15) is 0 Å². The molecule has 2 aromatic rings. The van der Waals surface area contributed by atoms with E-state index in [1.54, 1.807) is 0 Å². The molecule has 2 rings (SSSR count). The molecule has 7 nitrogen and oxygen atoms in total. The molecule has 0 aliphatic heterocycles. The second kappa shape index (κ2) is 4.17. The molecule has 0 heterocycles. The van der Waals surface area contributed by atoms with Crippen molar-refractivity contribution < 1.29 is 31.0 Å². The van der Waals surface area contributed by atoms with Crippen LogP contribution in [0, 0.1) is 6.07 Å². The molecule has 9 heteroatoms. The summed E-state index contributed by atoms with van der Waals surface area (Å²) in [6.45, 7) is 0. The number of phenolic OH excluding ortho intramolecular Hbond substituents is 1. The van der Waals surface area contributed by atoms with E-state index in [0.29, 0.717) is 0 Å². The molecule has 0 bridgehead atoms. The van der Waals surface area contributed by atoms with E-state index in [9.17, 15) is 21.9 Å². The summed E-state index contributed by atoms with van der Waals surface area (Å²) in [6, 6.07) is 6.47. The van der Waals surface area contributed by atoms with Gasteiger partial charge < -0.3 is 5.11 Å². The van der Waals surface area contributed by atoms with Gasteiger partial charge in [0, 0.05) is 5.39 Å². The van der Waals surface area contributed by atoms with Gasteiger partial charge in [-0.25, -0.2) is 0 Å². The number of rotatable bonds is 2. The number of hydrogen-bond acceptors (Lipinski definition) is 5. The maximum Gasteiger partial charge on any atom is 0.295 e. The summed E-state index contributed by atoms with van der Waals surface area (Å²) in [4.78, 5) is -1.29. The van der Waals surface area contributed by atoms with Crippen molar-refractivity contribution in [1.29, 1.82) is 0 Å². The minimum absolute atomic E-state index is 0.0130. The summed E-state index contributed by atoms with van der Waals surface area (Å²) in [5.41, 5.74) is 0. The normalized spacial score (nSPS) is 12.7. The Morgan fingerprint density at radius 2 is 1.63 bits per heavy atom. The second-order valence-corrected chi connectivity index (χ2v) is 6.43. The molecule has 0 fully saturated rings. The lowest BCUT2D eigenvalue weighted by molar-refractivity contribution is 0.467. The lowest BCUT2D eigenvalue weighted by Crippen LogP contribution is -2.01. The first kappa shape index (κ1) is 13.7. The molecular weight excluding hydrogens is 296 g/mol. The fraction of sp³-hybridized carbons (Fsp3) is 0. The molecule has 0 aliphatic rings. The molecule has 0 aromatic heterocycles. The fourth-order valence-electron chi connectivity index (χ4n) is 1.63. The second-order valence-electron chi connectivity index (χ2n) is 3.65. The van der Waals surface area contributed by atoms with Gasteiger partial charge in [-0.05, 0) is 17.5 Å². The largest absolute Gasteiger partial charge is 0.507 e. The molecule has 2 aromatic carbocycles. The van der Waals surface area contributed by atoms with E-state index < -0.39 is 35.8 Å². The van der Waals surface area contributed by atoms with Crippen LogP contribution < -0.4 is 0 Å². The minimum Gasteiger partial charge on any atom is -0.507 e. The van der Waals surface area contributed by atoms with Crippen molar-refractivity contribution in [1.82, 2.24) is 0 Å². The zero-order valence-electron chi connectivity index (χ0n) is 9.10. The van der Waals surface area contributed by atoms with Gasteiger partial charge in [0.2, 0.25) is 0 Å². The number of aromatic hydroxyl groups is 1. The molecule has 19 heavy (non-hydrogen) atoms. The van der Waals surface area contributed by atoms with Gasteiger partial charge in [0.05, 0.1) is 6.07 Å². The van der Waals surface area contributed by atoms with E-state index in [0.717, 1.165) is 12.1 Å². The van der Waals surface area contributed by atoms with E-state index in [-0.39, 0.29) is 10.8 Å². The maximum atomic E-state index is 11.1. The van der Waals surface area contributed by atoms with Gasteiger partial charge in [-0.3, -0.25) is 9.11 Å². The molecule has 0 aliphatic carbocycles. The van der Waals surface area contributed by atoms with Crippen LogP contribution in [0.3, 0.4) is 0 Å². The molecule has 1 radical (unpaired) electrons. The van der Waals surface area contributed by atoms with Gasteiger partial charge in [0.1, 0.15) is 15.5 Å². The average Bonchev–Trinajstić information content (AvgIpc) is 2.25. The Bertz CT molecular complexity index is 866. The van der Waals surface area contributed by atoms with Crippen LogP contribution in [-0.2, 0) is 20.2 Å². The molecule has 0 unspecified atom stereocenters. The first-order chi connectivity index (χ1) is 8.60. The number of hydrogen-bond donors (Lipinski definition) is 3. The zero-order valence-corrected chi connectivity index (χ0v) is 10.7. The zero-order chi connectivity index (χ0) is 14.4. The maximum absolute atomic E-state index is 11.1. The Labute approximate surface area is 108 Å². The van der Waals surface area contributed by atoms with Crippen LogP contribution in [0.2, 0.25) is 0 Å². The lowest BCUT2D eigenvalue weighted by Gasteiger charge is -2.07. The van der Waals surface area contributed by atoms with Crippen LogP contribution >= 0.6 is 0 Å². The highest BCUT2D eigenvalue weighted by Crippen LogP contribution is 2.32. The smallest absolute Gasteiger partial charge is 0.295 e. The number of fused-ring (bicyclic) bond motifs is 1. The van der Waals surface area contributed by atoms with Crippen molar-refractivity contribution in [2.45, 2.75) is 9.79 Å². The predicted molar refractivity (Wildman–Crippen MR) is 64.1 cm³/mol. The van der Waals surface area contributed by atoms with E-state index in [1.807, 2.05) is 6.07 Å². The number of benzene rings is 2. The third-order valence-corrected chi connectivity index (χ3v) is 4.05. The summed E-state index contributed by atoms with van der Waals surface area (Å²) in [7, 11) is -9.18. The topological polar surface area (TPSA) is 129 Å². The monoisotopic (exact) mass is 303 g/mol. The summed E-state index contributed by atoms with van der Waals surface area (Å²) < 4.78 is 62.1. The minimum atomic E-state index is -4.59. The highest BCUT2D eigenvalue weighted by atomic mass is 32.2. The third-order valence-electron chi connectivity index (χ3n) is 2.38. The van der Waals surface area contributed by atoms with Gasteiger partial charge in [-0.1, -0.05) is 12.1 Å². The van der Waals surface area contributed by atoms with Gasteiger partial charge >= 0.3 is 0 Å². The summed E-state index contributed by atoms with van der Waals surface area (Å²) in [6.07, 6.45) is 0. The Kier molecular flexibility index (Phi) is 3.01. The first-order valence-electron chi connectivity index (χ1n) is 4.74. The van der Waals surface area contributed by atoms with E-state index in [4.69, 9.17) is 9.11 Å². The molecule has 0 spiro atoms. The van der Waals surface area contributed by atoms with E-state index in [2.05, 4.69) is 0 Å². The standard InChI is InChI=1S/C10H7O7S2/c11-8-5-7(18(12,13)14)4-6-2-1-3-9(10(6)8)19(15,16)17/h1-4,11H,(H,12,13,14)(H,15,16,17). The molecular formula is C10H7O7S2. The van der Waals surface area contributed by atoms with Crippen molar-refractivity contribution in [2.24, 2.45) is 0 Å². The summed E-state index contributed by atoms with van der Waals surface area (Å²) >= 11 is 0. The van der Waals surface area contributed by atoms with Gasteiger partial charge in [-0.15, -0.1) is 0 Å². The number of phenols is 1. The van der Waals surface area contributed by atoms with Crippen LogP contribution in [0.4, 0.5) is 0 Å². The third kappa shape index (κ3) is 2.54. The van der Waals surface area contributed by atoms with Crippen molar-refractivity contribution in [3.8, 4) is 5.75 Å². The molecule has 0 saturated carbocycles. The Morgan fingerprint density at radius 3 is 2.16 bits per heavy atom. The van der Waals surface area contributed by atoms with Gasteiger partial charge in [0.15, 0.2) is 0 Å². The van der Waals surface area contributed by atoms with Crippen molar-refractivity contribution in [3.05, 3.63) is 30.3 Å². The van der Waals surface area contributed by atoms with Crippen molar-refractivity contribution in [2.75, 3.05) is 0 Å². The quantitative estimate of drug-likeness (QED) is 0.701. The van der Waals surface area contributed by atoms with Gasteiger partial charge in [-0.2, -0.15) is 16.8 Å². The predicted octanol–water partition coefficient (Wildman–Crippen LogP) is 0.839. The lowest BCUT2D eigenvalue weighted by atomic mass is 10.1. The molecule has 0 atom stereocenters. The van der Waals surface area contributed by atoms with E-state index in [1.165, 1.54) is 12.1 Å². The van der Waals surface area contributed by atoms with Crippen LogP contribution in [0.5, 0.6) is 5.75 Å². The molecule has 101 valence electrons. The van der Waals surface area contributed by atoms with Crippen LogP contribution in [0.15, 0.2) is 34.1 Å². The highest BCUT2D eigenvalue weighted by Gasteiger charge is 2.20. The van der Waals surface area contributed by atoms with Crippen LogP contribution in [-0.4, -0.2) is 31.0 Å². The SMILES string of the molecule is O=S(=O)(O)c1[c]c(O)c2c(S(=O)(=O)O)cccc2c1. The van der Waals surface area contributed by atoms with Crippen molar-refractivity contribution in [3.63, 3.8) is 0 Å². The summed E-state index contributed by atoms with van der Waals surface area (Å²) in [5, 5.41) is 9.39. The van der Waals surface area contributed by atoms with Gasteiger partial charge in [0.25, 0.3) is 20.2 Å². The highest BCUT2D eigenvalue weighted by molar-refractivity contribution is 7.86. The average molecular weight is 303 g/mol. The fourth-order valence-corrected chi connectivity index (χ4v) is 2.86. The molecule has 0 amide bonds. The summed E-state index contributed by atoms with van der Waals surface area (Å²) in [5.74, 6) is -0.807. The molecule has 3 N–H and O–H groups in total.